The van der Waals surface area contributed by atoms with Gasteiger partial charge in [0.1, 0.15) is 0 Å². The number of benzene rings is 2. The van der Waals surface area contributed by atoms with E-state index >= 15 is 0 Å². The van der Waals surface area contributed by atoms with Gasteiger partial charge in [-0.3, -0.25) is 10.2 Å². The number of rotatable bonds is 8. The van der Waals surface area contributed by atoms with Crippen LogP contribution in [0.15, 0.2) is 47.6 Å². The van der Waals surface area contributed by atoms with Crippen molar-refractivity contribution in [2.45, 2.75) is 26.2 Å². The smallest absolute Gasteiger partial charge is 0.260 e. The summed E-state index contributed by atoms with van der Waals surface area (Å²) < 4.78 is 11.4. The summed E-state index contributed by atoms with van der Waals surface area (Å²) in [6.45, 7) is 4.05. The molecule has 1 N–H and O–H groups in total. The van der Waals surface area contributed by atoms with Crippen LogP contribution in [-0.2, 0) is 4.79 Å². The average molecular weight is 416 g/mol. The Balaban J connectivity index is 1.61. The lowest BCUT2D eigenvalue weighted by molar-refractivity contribution is -0.134. The molecule has 1 aliphatic heterocycles. The Hall–Kier alpha value is -2.73. The summed E-state index contributed by atoms with van der Waals surface area (Å²) in [7, 11) is 0. The van der Waals surface area contributed by atoms with Crippen molar-refractivity contribution in [2.24, 2.45) is 5.10 Å². The number of piperidine rings is 1. The third-order valence-corrected chi connectivity index (χ3v) is 4.79. The van der Waals surface area contributed by atoms with E-state index in [4.69, 9.17) is 21.1 Å². The minimum absolute atomic E-state index is 0.0171. The van der Waals surface area contributed by atoms with Gasteiger partial charge in [0.2, 0.25) is 0 Å². The van der Waals surface area contributed by atoms with Crippen LogP contribution in [0.3, 0.4) is 0 Å². The number of likely N-dealkylation sites (tertiary alicyclic amines) is 1. The summed E-state index contributed by atoms with van der Waals surface area (Å²) in [5, 5.41) is 4.87. The molecule has 3 rings (SSSR count). The molecule has 1 fully saturated rings. The van der Waals surface area contributed by atoms with Crippen molar-refractivity contribution in [3.63, 3.8) is 0 Å². The van der Waals surface area contributed by atoms with E-state index in [1.807, 2.05) is 36.1 Å². The van der Waals surface area contributed by atoms with Crippen molar-refractivity contribution in [1.82, 2.24) is 4.90 Å². The summed E-state index contributed by atoms with van der Waals surface area (Å²) in [4.78, 5) is 14.2. The molecule has 0 bridgehead atoms. The lowest BCUT2D eigenvalue weighted by atomic mass is 10.1. The molecule has 0 spiro atoms. The number of carbonyl (C=O) groups is 1. The topological polar surface area (TPSA) is 63.2 Å². The summed E-state index contributed by atoms with van der Waals surface area (Å²) in [5.41, 5.74) is 4.59. The number of nitrogens with one attached hydrogen (secondary N) is 1. The van der Waals surface area contributed by atoms with E-state index in [1.54, 1.807) is 24.4 Å². The molecule has 7 heteroatoms. The van der Waals surface area contributed by atoms with E-state index < -0.39 is 0 Å². The van der Waals surface area contributed by atoms with Gasteiger partial charge in [-0.05, 0) is 68.1 Å². The van der Waals surface area contributed by atoms with E-state index in [0.717, 1.165) is 37.2 Å². The maximum absolute atomic E-state index is 12.3. The molecule has 29 heavy (non-hydrogen) atoms. The molecule has 2 aromatic carbocycles. The quantitative estimate of drug-likeness (QED) is 0.506. The van der Waals surface area contributed by atoms with Gasteiger partial charge in [0.25, 0.3) is 5.91 Å². The Kier molecular flexibility index (Phi) is 7.76. The zero-order valence-electron chi connectivity index (χ0n) is 16.6. The Morgan fingerprint density at radius 2 is 1.97 bits per heavy atom. The number of halogens is 1. The number of hydrogen-bond donors (Lipinski definition) is 1. The van der Waals surface area contributed by atoms with Crippen LogP contribution in [0.25, 0.3) is 0 Å². The van der Waals surface area contributed by atoms with Gasteiger partial charge < -0.3 is 14.4 Å². The summed E-state index contributed by atoms with van der Waals surface area (Å²) in [6, 6.07) is 12.8. The van der Waals surface area contributed by atoms with E-state index in [0.29, 0.717) is 23.1 Å². The van der Waals surface area contributed by atoms with E-state index in [-0.39, 0.29) is 12.5 Å². The number of hydrazone groups is 1. The van der Waals surface area contributed by atoms with Gasteiger partial charge in [-0.2, -0.15) is 5.10 Å². The fourth-order valence-corrected chi connectivity index (χ4v) is 3.30. The van der Waals surface area contributed by atoms with Crippen LogP contribution in [-0.4, -0.2) is 43.3 Å². The minimum atomic E-state index is 0.0171. The van der Waals surface area contributed by atoms with Crippen LogP contribution in [0, 0.1) is 0 Å². The zero-order valence-corrected chi connectivity index (χ0v) is 17.3. The monoisotopic (exact) mass is 415 g/mol. The lowest BCUT2D eigenvalue weighted by Gasteiger charge is -2.26. The molecule has 2 aromatic rings. The van der Waals surface area contributed by atoms with Crippen LogP contribution in [0.4, 0.5) is 5.69 Å². The first-order valence-electron chi connectivity index (χ1n) is 9.88. The predicted molar refractivity (Wildman–Crippen MR) is 116 cm³/mol. The second-order valence-electron chi connectivity index (χ2n) is 6.75. The van der Waals surface area contributed by atoms with E-state index in [2.05, 4.69) is 10.5 Å². The number of nitrogens with zero attached hydrogens (tertiary/aromatic N) is 2. The molecular weight excluding hydrogens is 390 g/mol. The first-order valence-corrected chi connectivity index (χ1v) is 10.3. The zero-order chi connectivity index (χ0) is 20.5. The highest BCUT2D eigenvalue weighted by atomic mass is 35.5. The normalized spacial score (nSPS) is 14.1. The first kappa shape index (κ1) is 21.0. The molecule has 1 aliphatic rings. The standard InChI is InChI=1S/C22H26ClN3O3/c1-2-28-21-13-17(15-24-25-19-8-6-7-18(23)14-19)9-10-20(21)29-16-22(27)26-11-4-3-5-12-26/h6-10,13-15,25H,2-5,11-12,16H2,1H3/b24-15-. The van der Waals surface area contributed by atoms with Gasteiger partial charge in [-0.1, -0.05) is 17.7 Å². The highest BCUT2D eigenvalue weighted by Gasteiger charge is 2.17. The first-order chi connectivity index (χ1) is 14.2. The Morgan fingerprint density at radius 3 is 2.72 bits per heavy atom. The molecule has 1 saturated heterocycles. The summed E-state index contributed by atoms with van der Waals surface area (Å²) in [6.07, 6.45) is 5.00. The minimum Gasteiger partial charge on any atom is -0.490 e. The molecule has 1 heterocycles. The largest absolute Gasteiger partial charge is 0.490 e. The maximum Gasteiger partial charge on any atom is 0.260 e. The van der Waals surface area contributed by atoms with Crippen molar-refractivity contribution >= 4 is 29.4 Å². The Labute approximate surface area is 176 Å². The SMILES string of the molecule is CCOc1cc(/C=N\Nc2cccc(Cl)c2)ccc1OCC(=O)N1CCCCC1. The molecule has 1 amide bonds. The second-order valence-corrected chi connectivity index (χ2v) is 7.19. The number of amides is 1. The maximum atomic E-state index is 12.3. The van der Waals surface area contributed by atoms with Crippen LogP contribution in [0.1, 0.15) is 31.7 Å². The molecule has 0 atom stereocenters. The highest BCUT2D eigenvalue weighted by molar-refractivity contribution is 6.30. The van der Waals surface area contributed by atoms with E-state index in [1.165, 1.54) is 6.42 Å². The molecule has 154 valence electrons. The third-order valence-electron chi connectivity index (χ3n) is 4.56. The van der Waals surface area contributed by atoms with Crippen molar-refractivity contribution in [3.05, 3.63) is 53.1 Å². The molecule has 0 saturated carbocycles. The van der Waals surface area contributed by atoms with Gasteiger partial charge in [-0.15, -0.1) is 0 Å². The molecule has 0 unspecified atom stereocenters. The van der Waals surface area contributed by atoms with Gasteiger partial charge >= 0.3 is 0 Å². The number of carbonyl (C=O) groups excluding carboxylic acids is 1. The van der Waals surface area contributed by atoms with Crippen LogP contribution < -0.4 is 14.9 Å². The molecule has 0 aliphatic carbocycles. The van der Waals surface area contributed by atoms with Gasteiger partial charge in [-0.25, -0.2) is 0 Å². The van der Waals surface area contributed by atoms with Crippen molar-refractivity contribution in [3.8, 4) is 11.5 Å². The van der Waals surface area contributed by atoms with Crippen LogP contribution >= 0.6 is 11.6 Å². The fourth-order valence-electron chi connectivity index (χ4n) is 3.11. The number of ether oxygens (including phenoxy) is 2. The van der Waals surface area contributed by atoms with Crippen molar-refractivity contribution < 1.29 is 14.3 Å². The van der Waals surface area contributed by atoms with Gasteiger partial charge in [0, 0.05) is 18.1 Å². The molecule has 0 aromatic heterocycles. The molecule has 0 radical (unpaired) electrons. The number of anilines is 1. The van der Waals surface area contributed by atoms with Crippen LogP contribution in [0.5, 0.6) is 11.5 Å². The van der Waals surface area contributed by atoms with Crippen LogP contribution in [0.2, 0.25) is 5.02 Å². The third kappa shape index (κ3) is 6.39. The van der Waals surface area contributed by atoms with Crippen molar-refractivity contribution in [1.29, 1.82) is 0 Å². The summed E-state index contributed by atoms with van der Waals surface area (Å²) >= 11 is 5.97. The molecular formula is C22H26ClN3O3. The predicted octanol–water partition coefficient (Wildman–Crippen LogP) is 4.58. The Morgan fingerprint density at radius 1 is 1.14 bits per heavy atom. The average Bonchev–Trinajstić information content (AvgIpc) is 2.74. The summed E-state index contributed by atoms with van der Waals surface area (Å²) in [5.74, 6) is 1.16. The molecule has 6 nitrogen and oxygen atoms in total. The Bertz CT molecular complexity index is 851. The van der Waals surface area contributed by atoms with E-state index in [9.17, 15) is 4.79 Å². The fraction of sp³-hybridized carbons (Fsp3) is 0.364. The second kappa shape index (κ2) is 10.7. The highest BCUT2D eigenvalue weighted by Crippen LogP contribution is 2.28. The van der Waals surface area contributed by atoms with Crippen molar-refractivity contribution in [2.75, 3.05) is 31.7 Å². The lowest BCUT2D eigenvalue weighted by Crippen LogP contribution is -2.38. The van der Waals surface area contributed by atoms with Gasteiger partial charge in [0.05, 0.1) is 18.5 Å². The number of hydrogen-bond acceptors (Lipinski definition) is 5. The van der Waals surface area contributed by atoms with Gasteiger partial charge in [0.15, 0.2) is 18.1 Å².